The molecule has 9 N–H and O–H groups in total. The van der Waals surface area contributed by atoms with Crippen LogP contribution < -0.4 is 21.9 Å². The van der Waals surface area contributed by atoms with E-state index in [-0.39, 0.29) is 42.4 Å². The SMILES string of the molecule is C[NH2+]C[C@H](CN=C(N)CC(N)=O)C1=C(C(=O)O)N2C(=O)[C@H]([C@@H](C)O)[C@H]2C1.O=C([O-])O. The summed E-state index contributed by atoms with van der Waals surface area (Å²) in [5, 5.41) is 36.6. The zero-order chi connectivity index (χ0) is 23.2. The first-order valence-corrected chi connectivity index (χ1v) is 9.14. The smallest absolute Gasteiger partial charge is 0.352 e. The molecule has 0 spiro atoms. The number of carboxylic acid groups (broad SMARTS) is 3. The Hall–Kier alpha value is -3.19. The van der Waals surface area contributed by atoms with E-state index in [1.807, 2.05) is 12.4 Å². The Morgan fingerprint density at radius 3 is 2.33 bits per heavy atom. The van der Waals surface area contributed by atoms with Gasteiger partial charge in [-0.3, -0.25) is 14.6 Å². The van der Waals surface area contributed by atoms with Gasteiger partial charge in [0.1, 0.15) is 11.5 Å². The van der Waals surface area contributed by atoms with Gasteiger partial charge in [0.05, 0.1) is 50.5 Å². The molecule has 0 bridgehead atoms. The second-order valence-corrected chi connectivity index (χ2v) is 7.01. The predicted octanol–water partition coefficient (Wildman–Crippen LogP) is -4.13. The lowest BCUT2D eigenvalue weighted by Gasteiger charge is -2.44. The van der Waals surface area contributed by atoms with Crippen LogP contribution in [0.3, 0.4) is 0 Å². The van der Waals surface area contributed by atoms with Crippen molar-refractivity contribution >= 4 is 29.8 Å². The van der Waals surface area contributed by atoms with Gasteiger partial charge in [0.25, 0.3) is 0 Å². The topological polar surface area (TPSA) is 236 Å². The number of hydrogen-bond donors (Lipinski definition) is 6. The molecule has 1 saturated heterocycles. The van der Waals surface area contributed by atoms with Gasteiger partial charge in [0.15, 0.2) is 0 Å². The van der Waals surface area contributed by atoms with Crippen LogP contribution in [-0.2, 0) is 14.4 Å². The summed E-state index contributed by atoms with van der Waals surface area (Å²) in [5.41, 5.74) is 11.4. The lowest BCUT2D eigenvalue weighted by molar-refractivity contribution is -0.631. The van der Waals surface area contributed by atoms with Gasteiger partial charge in [0, 0.05) is 0 Å². The average Bonchev–Trinajstić information content (AvgIpc) is 2.92. The van der Waals surface area contributed by atoms with Gasteiger partial charge >= 0.3 is 5.97 Å². The number of aliphatic hydroxyl groups excluding tert-OH is 1. The van der Waals surface area contributed by atoms with Crippen molar-refractivity contribution in [2.75, 3.05) is 20.1 Å². The largest absolute Gasteiger partial charge is 0.565 e. The maximum absolute atomic E-state index is 12.3. The molecule has 0 saturated carbocycles. The van der Waals surface area contributed by atoms with E-state index in [9.17, 15) is 24.6 Å². The van der Waals surface area contributed by atoms with Crippen molar-refractivity contribution in [1.82, 2.24) is 4.90 Å². The second-order valence-electron chi connectivity index (χ2n) is 7.01. The van der Waals surface area contributed by atoms with Crippen molar-refractivity contribution in [2.24, 2.45) is 28.3 Å². The number of carbonyl (C=O) groups excluding carboxylic acids is 2. The number of quaternary nitrogens is 1. The molecule has 13 nitrogen and oxygen atoms in total. The van der Waals surface area contributed by atoms with Crippen LogP contribution in [-0.4, -0.2) is 82.3 Å². The van der Waals surface area contributed by atoms with E-state index >= 15 is 0 Å². The van der Waals surface area contributed by atoms with Crippen molar-refractivity contribution in [1.29, 1.82) is 0 Å². The molecule has 168 valence electrons. The number of fused-ring (bicyclic) bond motifs is 1. The molecule has 2 amide bonds. The number of nitrogens with two attached hydrogens (primary N) is 3. The summed E-state index contributed by atoms with van der Waals surface area (Å²) in [4.78, 5) is 48.8. The first-order chi connectivity index (χ1) is 13.9. The van der Waals surface area contributed by atoms with Crippen LogP contribution >= 0.6 is 0 Å². The Morgan fingerprint density at radius 1 is 1.33 bits per heavy atom. The van der Waals surface area contributed by atoms with E-state index in [4.69, 9.17) is 26.5 Å². The third kappa shape index (κ3) is 5.90. The first kappa shape index (κ1) is 24.8. The van der Waals surface area contributed by atoms with Gasteiger partial charge in [-0.2, -0.15) is 0 Å². The van der Waals surface area contributed by atoms with Crippen LogP contribution in [0.4, 0.5) is 4.79 Å². The number of β-lactam (4-membered cyclic amide) rings is 1. The number of hydrogen-bond acceptors (Lipinski definition) is 7. The minimum absolute atomic E-state index is 0.0209. The van der Waals surface area contributed by atoms with Crippen LogP contribution in [0.1, 0.15) is 19.8 Å². The third-order valence-electron chi connectivity index (χ3n) is 4.85. The number of aliphatic imine (C=N–C) groups is 1. The average molecular weight is 429 g/mol. The van der Waals surface area contributed by atoms with Crippen molar-refractivity contribution in [3.05, 3.63) is 11.3 Å². The minimum Gasteiger partial charge on any atom is -0.565 e. The number of amidine groups is 1. The molecule has 30 heavy (non-hydrogen) atoms. The number of amides is 2. The highest BCUT2D eigenvalue weighted by Gasteiger charge is 2.57. The molecule has 4 atom stereocenters. The maximum Gasteiger partial charge on any atom is 0.352 e. The highest BCUT2D eigenvalue weighted by molar-refractivity contribution is 6.00. The maximum atomic E-state index is 12.3. The second kappa shape index (κ2) is 10.5. The Bertz CT molecular complexity index is 759. The first-order valence-electron chi connectivity index (χ1n) is 9.14. The van der Waals surface area contributed by atoms with Gasteiger partial charge in [-0.25, -0.2) is 4.79 Å². The van der Waals surface area contributed by atoms with E-state index in [1.165, 1.54) is 11.8 Å². The lowest BCUT2D eigenvalue weighted by Crippen LogP contribution is -2.81. The van der Waals surface area contributed by atoms with E-state index < -0.39 is 30.1 Å². The number of aliphatic carboxylic acids is 1. The van der Waals surface area contributed by atoms with E-state index in [2.05, 4.69) is 4.99 Å². The normalized spacial score (nSPS) is 22.4. The van der Waals surface area contributed by atoms with Gasteiger partial charge in [0.2, 0.25) is 18.0 Å². The molecule has 2 aliphatic rings. The summed E-state index contributed by atoms with van der Waals surface area (Å²) < 4.78 is 0. The molecule has 0 unspecified atom stereocenters. The fourth-order valence-corrected chi connectivity index (χ4v) is 3.74. The van der Waals surface area contributed by atoms with Gasteiger partial charge in [-0.1, -0.05) is 0 Å². The zero-order valence-corrected chi connectivity index (χ0v) is 16.6. The number of carbonyl (C=O) groups is 4. The summed E-state index contributed by atoms with van der Waals surface area (Å²) in [6, 6.07) is -0.338. The van der Waals surface area contributed by atoms with Gasteiger partial charge in [-0.05, 0) is 18.9 Å². The minimum atomic E-state index is -2.08. The van der Waals surface area contributed by atoms with E-state index in [0.29, 0.717) is 18.5 Å². The third-order valence-corrected chi connectivity index (χ3v) is 4.85. The Morgan fingerprint density at radius 2 is 1.90 bits per heavy atom. The highest BCUT2D eigenvalue weighted by atomic mass is 16.6. The van der Waals surface area contributed by atoms with Crippen molar-refractivity contribution in [2.45, 2.75) is 31.9 Å². The molecule has 0 aromatic carbocycles. The van der Waals surface area contributed by atoms with E-state index in [0.717, 1.165) is 0 Å². The predicted molar refractivity (Wildman–Crippen MR) is 99.6 cm³/mol. The molecule has 13 heteroatoms. The summed E-state index contributed by atoms with van der Waals surface area (Å²) >= 11 is 0. The van der Waals surface area contributed by atoms with Crippen molar-refractivity contribution < 1.29 is 44.9 Å². The van der Waals surface area contributed by atoms with E-state index in [1.54, 1.807) is 0 Å². The molecule has 2 aliphatic heterocycles. The summed E-state index contributed by atoms with van der Waals surface area (Å²) in [6.07, 6.45) is -2.70. The zero-order valence-electron chi connectivity index (χ0n) is 16.6. The lowest BCUT2D eigenvalue weighted by atomic mass is 9.82. The number of carboxylic acids is 1. The molecule has 2 heterocycles. The number of nitrogens with zero attached hydrogens (tertiary/aromatic N) is 2. The Labute approximate surface area is 172 Å². The summed E-state index contributed by atoms with van der Waals surface area (Å²) in [5.74, 6) is -2.88. The Balaban J connectivity index is 0.00000103. The van der Waals surface area contributed by atoms with Gasteiger partial charge in [-0.15, -0.1) is 0 Å². The summed E-state index contributed by atoms with van der Waals surface area (Å²) in [7, 11) is 1.85. The van der Waals surface area contributed by atoms with Crippen LogP contribution in [0.5, 0.6) is 0 Å². The summed E-state index contributed by atoms with van der Waals surface area (Å²) in [6.45, 7) is 2.28. The molecule has 0 aromatic heterocycles. The molecular weight excluding hydrogens is 402 g/mol. The van der Waals surface area contributed by atoms with Crippen LogP contribution in [0.25, 0.3) is 0 Å². The van der Waals surface area contributed by atoms with Crippen LogP contribution in [0.2, 0.25) is 0 Å². The number of primary amides is 1. The molecular formula is C17H27N5O8. The van der Waals surface area contributed by atoms with Crippen LogP contribution in [0, 0.1) is 11.8 Å². The molecule has 0 aromatic rings. The highest BCUT2D eigenvalue weighted by Crippen LogP contribution is 2.45. The number of rotatable bonds is 9. The van der Waals surface area contributed by atoms with Crippen molar-refractivity contribution in [3.63, 3.8) is 0 Å². The standard InChI is InChI=1S/C16H25N5O5.CH2O3/c1-7(22)13-10-3-9(14(16(25)26)21(10)15(13)24)8(5-19-2)6-20-11(17)4-12(18)23;2-1(3)4/h7-8,10,13,19,22H,3-6H2,1-2H3,(H2,17,20)(H2,18,23)(H,25,26);(H2,2,3,4)/t7-,8-,10-,13-;/m1./s1. The molecule has 2 rings (SSSR count). The molecule has 0 aliphatic carbocycles. The number of aliphatic hydroxyl groups is 1. The van der Waals surface area contributed by atoms with Gasteiger partial charge < -0.3 is 46.9 Å². The van der Waals surface area contributed by atoms with Crippen LogP contribution in [0.15, 0.2) is 16.3 Å². The fourth-order valence-electron chi connectivity index (χ4n) is 3.74. The molecule has 0 radical (unpaired) electrons. The quantitative estimate of drug-likeness (QED) is 0.118. The fraction of sp³-hybridized carbons (Fsp3) is 0.588. The monoisotopic (exact) mass is 429 g/mol. The molecule has 1 fully saturated rings. The van der Waals surface area contributed by atoms with Crippen molar-refractivity contribution in [3.8, 4) is 0 Å². The Kier molecular flexibility index (Phi) is 8.74.